The standard InChI is InChI=1S/C46H48N8O7/c1-5-19-53(43(55)27(2)49-45(57)59-3)25-39-47-23-36(50-39)31-14-16-33-32(22-31)26-61-41-34-17-15-30(21-29(34)13-18-35(33)41)37-24-48-42(51-37)38-12-9-20-54(38)44(56)40(52-46(58)60-4)28-10-7-6-8-11-28/h6-8,10-11,13-18,21-24,27,38,40H,5,9,12,19-20,25-26H2,1-4H3,(H,47,50)(H,48,51)(H,49,57)(H,52,58)/t27-,38-,40+/m0/s1. The number of methoxy groups -OCH3 is 2. The molecule has 1 saturated heterocycles. The Hall–Kier alpha value is -7.16. The summed E-state index contributed by atoms with van der Waals surface area (Å²) in [6.07, 6.45) is 4.53. The zero-order valence-corrected chi connectivity index (χ0v) is 34.5. The lowest BCUT2D eigenvalue weighted by Crippen LogP contribution is -2.47. The Kier molecular flexibility index (Phi) is 11.7. The van der Waals surface area contributed by atoms with E-state index in [-0.39, 0.29) is 24.4 Å². The molecular weight excluding hydrogens is 777 g/mol. The summed E-state index contributed by atoms with van der Waals surface area (Å²) < 4.78 is 16.0. The van der Waals surface area contributed by atoms with Crippen LogP contribution in [0, 0.1) is 0 Å². The zero-order valence-electron chi connectivity index (χ0n) is 34.5. The number of alkyl carbamates (subject to hydrolysis) is 2. The number of carbonyl (C=O) groups is 4. The molecule has 2 aromatic heterocycles. The molecule has 3 atom stereocenters. The molecular formula is C46H48N8O7. The van der Waals surface area contributed by atoms with E-state index < -0.39 is 24.3 Å². The van der Waals surface area contributed by atoms with E-state index in [2.05, 4.69) is 72.8 Å². The van der Waals surface area contributed by atoms with Gasteiger partial charge in [-0.25, -0.2) is 19.6 Å². The smallest absolute Gasteiger partial charge is 0.407 e. The molecule has 1 fully saturated rings. The third-order valence-electron chi connectivity index (χ3n) is 11.3. The highest BCUT2D eigenvalue weighted by atomic mass is 16.5. The van der Waals surface area contributed by atoms with Gasteiger partial charge in [-0.1, -0.05) is 67.6 Å². The molecule has 61 heavy (non-hydrogen) atoms. The van der Waals surface area contributed by atoms with E-state index >= 15 is 0 Å². The van der Waals surface area contributed by atoms with Gasteiger partial charge in [0.05, 0.1) is 50.6 Å². The third kappa shape index (κ3) is 8.36. The molecule has 4 N–H and O–H groups in total. The van der Waals surface area contributed by atoms with Crippen LogP contribution in [0.25, 0.3) is 44.4 Å². The van der Waals surface area contributed by atoms with Crippen LogP contribution in [0.15, 0.2) is 91.3 Å². The lowest BCUT2D eigenvalue weighted by molar-refractivity contribution is -0.135. The van der Waals surface area contributed by atoms with E-state index in [1.807, 2.05) is 43.3 Å². The highest BCUT2D eigenvalue weighted by molar-refractivity contribution is 5.98. The van der Waals surface area contributed by atoms with Crippen molar-refractivity contribution >= 4 is 34.8 Å². The fourth-order valence-corrected chi connectivity index (χ4v) is 8.25. The predicted octanol–water partition coefficient (Wildman–Crippen LogP) is 7.42. The number of fused-ring (bicyclic) bond motifs is 5. The number of hydrogen-bond acceptors (Lipinski definition) is 9. The number of carbonyl (C=O) groups excluding carboxylic acids is 4. The first-order valence-electron chi connectivity index (χ1n) is 20.4. The van der Waals surface area contributed by atoms with Crippen LogP contribution in [0.5, 0.6) is 5.75 Å². The van der Waals surface area contributed by atoms with Crippen molar-refractivity contribution in [3.05, 3.63) is 114 Å². The summed E-state index contributed by atoms with van der Waals surface area (Å²) in [5, 5.41) is 7.27. The third-order valence-corrected chi connectivity index (χ3v) is 11.3. The number of likely N-dealkylation sites (tertiary alicyclic amines) is 1. The van der Waals surface area contributed by atoms with Gasteiger partial charge in [-0.2, -0.15) is 0 Å². The molecule has 2 aliphatic heterocycles. The number of imidazole rings is 2. The SMILES string of the molecule is CCCN(Cc1ncc(-c2ccc3c(c2)COc2c-3ccc3cc(-c4cnc([C@@H]5CCCN5C(=O)[C@H](NC(=O)OC)c5ccccc5)[nH]4)ccc23)[nH]1)C(=O)[C@H](C)NC(=O)OC. The number of aromatic nitrogens is 4. The van der Waals surface area contributed by atoms with Crippen molar-refractivity contribution in [3.63, 3.8) is 0 Å². The average molecular weight is 825 g/mol. The number of rotatable bonds is 12. The summed E-state index contributed by atoms with van der Waals surface area (Å²) in [7, 11) is 2.54. The van der Waals surface area contributed by atoms with Gasteiger partial charge in [0.1, 0.15) is 36.1 Å². The first kappa shape index (κ1) is 40.6. The topological polar surface area (TPSA) is 184 Å². The Morgan fingerprint density at radius 3 is 2.39 bits per heavy atom. The molecule has 4 aromatic carbocycles. The number of H-pyrrole nitrogens is 2. The Bertz CT molecular complexity index is 2590. The van der Waals surface area contributed by atoms with Crippen molar-refractivity contribution < 1.29 is 33.4 Å². The van der Waals surface area contributed by atoms with Crippen molar-refractivity contribution in [2.45, 2.75) is 64.4 Å². The molecule has 0 unspecified atom stereocenters. The zero-order chi connectivity index (χ0) is 42.6. The van der Waals surface area contributed by atoms with Gasteiger partial charge in [-0.3, -0.25) is 9.59 Å². The van der Waals surface area contributed by atoms with E-state index in [0.29, 0.717) is 36.9 Å². The van der Waals surface area contributed by atoms with Crippen LogP contribution < -0.4 is 15.4 Å². The first-order valence-corrected chi connectivity index (χ1v) is 20.4. The van der Waals surface area contributed by atoms with E-state index in [9.17, 15) is 19.2 Å². The van der Waals surface area contributed by atoms with Crippen LogP contribution in [0.4, 0.5) is 9.59 Å². The van der Waals surface area contributed by atoms with Gasteiger partial charge in [-0.15, -0.1) is 0 Å². The normalized spacial score (nSPS) is 15.2. The fourth-order valence-electron chi connectivity index (χ4n) is 8.25. The van der Waals surface area contributed by atoms with Gasteiger partial charge in [-0.05, 0) is 72.0 Å². The number of nitrogens with one attached hydrogen (secondary N) is 4. The number of aromatic amines is 2. The molecule has 314 valence electrons. The summed E-state index contributed by atoms with van der Waals surface area (Å²) in [6.45, 7) is 5.34. The average Bonchev–Trinajstić information content (AvgIpc) is 4.09. The fraction of sp³-hybridized carbons (Fsp3) is 0.304. The molecule has 0 bridgehead atoms. The highest BCUT2D eigenvalue weighted by Crippen LogP contribution is 2.44. The van der Waals surface area contributed by atoms with Gasteiger partial charge in [0, 0.05) is 29.6 Å². The molecule has 15 nitrogen and oxygen atoms in total. The maximum atomic E-state index is 14.0. The number of benzene rings is 4. The van der Waals surface area contributed by atoms with Crippen molar-refractivity contribution in [2.75, 3.05) is 27.3 Å². The molecule has 6 aromatic rings. The van der Waals surface area contributed by atoms with Gasteiger partial charge in [0.15, 0.2) is 0 Å². The molecule has 15 heteroatoms. The van der Waals surface area contributed by atoms with Gasteiger partial charge < -0.3 is 44.6 Å². The Morgan fingerprint density at radius 1 is 0.885 bits per heavy atom. The first-order chi connectivity index (χ1) is 29.6. The second-order valence-electron chi connectivity index (χ2n) is 15.3. The molecule has 0 radical (unpaired) electrons. The summed E-state index contributed by atoms with van der Waals surface area (Å²) >= 11 is 0. The highest BCUT2D eigenvalue weighted by Gasteiger charge is 2.37. The van der Waals surface area contributed by atoms with E-state index in [0.717, 1.165) is 75.0 Å². The summed E-state index contributed by atoms with van der Waals surface area (Å²) in [6, 6.07) is 24.0. The summed E-state index contributed by atoms with van der Waals surface area (Å²) in [5.74, 6) is 1.71. The monoisotopic (exact) mass is 824 g/mol. The molecule has 0 saturated carbocycles. The summed E-state index contributed by atoms with van der Waals surface area (Å²) in [4.78, 5) is 70.7. The van der Waals surface area contributed by atoms with Gasteiger partial charge in [0.2, 0.25) is 5.91 Å². The van der Waals surface area contributed by atoms with Crippen molar-refractivity contribution in [3.8, 4) is 39.4 Å². The van der Waals surface area contributed by atoms with Crippen LogP contribution in [0.1, 0.15) is 68.0 Å². The number of nitrogens with zero attached hydrogens (tertiary/aromatic N) is 4. The van der Waals surface area contributed by atoms with Crippen LogP contribution in [-0.4, -0.2) is 87.1 Å². The molecule has 4 amide bonds. The predicted molar refractivity (Wildman–Crippen MR) is 228 cm³/mol. The molecule has 8 rings (SSSR count). The van der Waals surface area contributed by atoms with E-state index in [1.165, 1.54) is 14.2 Å². The molecule has 4 heterocycles. The Labute approximate surface area is 352 Å². The van der Waals surface area contributed by atoms with Gasteiger partial charge >= 0.3 is 12.2 Å². The number of ether oxygens (including phenoxy) is 3. The molecule has 0 aliphatic carbocycles. The van der Waals surface area contributed by atoms with Crippen molar-refractivity contribution in [2.24, 2.45) is 0 Å². The van der Waals surface area contributed by atoms with Crippen LogP contribution in [-0.2, 0) is 32.2 Å². The van der Waals surface area contributed by atoms with E-state index in [1.54, 1.807) is 29.1 Å². The molecule has 2 aliphatic rings. The van der Waals surface area contributed by atoms with Crippen LogP contribution in [0.3, 0.4) is 0 Å². The minimum absolute atomic E-state index is 0.219. The second kappa shape index (κ2) is 17.6. The number of hydrogen-bond donors (Lipinski definition) is 4. The van der Waals surface area contributed by atoms with Crippen LogP contribution >= 0.6 is 0 Å². The lowest BCUT2D eigenvalue weighted by Gasteiger charge is -2.28. The summed E-state index contributed by atoms with van der Waals surface area (Å²) in [5.41, 5.74) is 7.36. The minimum atomic E-state index is -0.891. The van der Waals surface area contributed by atoms with Crippen LogP contribution in [0.2, 0.25) is 0 Å². The second-order valence-corrected chi connectivity index (χ2v) is 15.3. The maximum Gasteiger partial charge on any atom is 0.407 e. The van der Waals surface area contributed by atoms with Crippen molar-refractivity contribution in [1.29, 1.82) is 0 Å². The van der Waals surface area contributed by atoms with Gasteiger partial charge in [0.25, 0.3) is 5.91 Å². The lowest BCUT2D eigenvalue weighted by atomic mass is 9.92. The van der Waals surface area contributed by atoms with Crippen molar-refractivity contribution in [1.82, 2.24) is 40.4 Å². The largest absolute Gasteiger partial charge is 0.488 e. The van der Waals surface area contributed by atoms with E-state index in [4.69, 9.17) is 14.5 Å². The number of amides is 4. The maximum absolute atomic E-state index is 14.0. The quantitative estimate of drug-likeness (QED) is 0.0975. The Morgan fingerprint density at radius 2 is 1.61 bits per heavy atom. The Balaban J connectivity index is 0.978. The minimum Gasteiger partial charge on any atom is -0.488 e. The molecule has 0 spiro atoms.